The molecule has 0 amide bonds. The molecule has 192 valence electrons. The maximum Gasteiger partial charge on any atom is 0.161 e. The fraction of sp³-hybridized carbons (Fsp3) is 0.167. The van der Waals surface area contributed by atoms with Gasteiger partial charge >= 0.3 is 0 Å². The van der Waals surface area contributed by atoms with E-state index in [4.69, 9.17) is 15.0 Å². The Balaban J connectivity index is 1.25. The topological polar surface area (TPSA) is 51.6 Å². The van der Waals surface area contributed by atoms with Gasteiger partial charge in [-0.25, -0.2) is 9.97 Å². The molecule has 0 bridgehead atoms. The second-order valence-electron chi connectivity index (χ2n) is 12.0. The van der Waals surface area contributed by atoms with E-state index in [0.717, 1.165) is 28.2 Å². The van der Waals surface area contributed by atoms with Crippen LogP contribution in [0.5, 0.6) is 0 Å². The highest BCUT2D eigenvalue weighted by atomic mass is 14.9. The Hall–Kier alpha value is -4.70. The second-order valence-corrected chi connectivity index (χ2v) is 12.0. The molecular formula is C36H28N4. The second kappa shape index (κ2) is 7.92. The van der Waals surface area contributed by atoms with Gasteiger partial charge in [0.25, 0.3) is 0 Å². The third-order valence-corrected chi connectivity index (χ3v) is 9.04. The lowest BCUT2D eigenvalue weighted by Gasteiger charge is -2.24. The van der Waals surface area contributed by atoms with Crippen LogP contribution in [-0.2, 0) is 10.8 Å². The molecule has 0 fully saturated rings. The summed E-state index contributed by atoms with van der Waals surface area (Å²) in [6, 6.07) is 28.0. The lowest BCUT2D eigenvalue weighted by molar-refractivity contribution is 0.651. The van der Waals surface area contributed by atoms with Crippen LogP contribution >= 0.6 is 0 Å². The van der Waals surface area contributed by atoms with Crippen molar-refractivity contribution in [1.82, 2.24) is 19.9 Å². The summed E-state index contributed by atoms with van der Waals surface area (Å²) in [5, 5.41) is 2.39. The molecular weight excluding hydrogens is 488 g/mol. The van der Waals surface area contributed by atoms with Crippen molar-refractivity contribution in [2.45, 2.75) is 38.5 Å². The van der Waals surface area contributed by atoms with Crippen LogP contribution in [0.3, 0.4) is 0 Å². The summed E-state index contributed by atoms with van der Waals surface area (Å²) in [5.41, 5.74) is 12.4. The van der Waals surface area contributed by atoms with Crippen LogP contribution in [0.15, 0.2) is 97.5 Å². The van der Waals surface area contributed by atoms with Crippen LogP contribution < -0.4 is 0 Å². The van der Waals surface area contributed by atoms with Gasteiger partial charge in [-0.15, -0.1) is 0 Å². The fourth-order valence-electron chi connectivity index (χ4n) is 6.81. The smallest absolute Gasteiger partial charge is 0.161 e. The number of rotatable bonds is 2. The van der Waals surface area contributed by atoms with Gasteiger partial charge in [0.15, 0.2) is 5.82 Å². The van der Waals surface area contributed by atoms with E-state index in [1.807, 2.05) is 30.7 Å². The molecule has 0 saturated carbocycles. The Morgan fingerprint density at radius 2 is 1.27 bits per heavy atom. The van der Waals surface area contributed by atoms with Gasteiger partial charge in [-0.2, -0.15) is 0 Å². The van der Waals surface area contributed by atoms with E-state index >= 15 is 0 Å². The van der Waals surface area contributed by atoms with Gasteiger partial charge in [0.2, 0.25) is 0 Å². The third kappa shape index (κ3) is 3.07. The lowest BCUT2D eigenvalue weighted by Crippen LogP contribution is -2.17. The summed E-state index contributed by atoms with van der Waals surface area (Å²) in [4.78, 5) is 19.5. The molecule has 0 saturated heterocycles. The van der Waals surface area contributed by atoms with Gasteiger partial charge < -0.3 is 0 Å². The van der Waals surface area contributed by atoms with Crippen LogP contribution in [0.2, 0.25) is 0 Å². The summed E-state index contributed by atoms with van der Waals surface area (Å²) in [7, 11) is 0. The number of benzene rings is 3. The fourth-order valence-corrected chi connectivity index (χ4v) is 6.81. The largest absolute Gasteiger partial charge is 0.256 e. The van der Waals surface area contributed by atoms with E-state index in [2.05, 4.69) is 99.4 Å². The minimum Gasteiger partial charge on any atom is -0.256 e. The maximum atomic E-state index is 5.05. The van der Waals surface area contributed by atoms with Crippen LogP contribution in [0, 0.1) is 0 Å². The Labute approximate surface area is 233 Å². The zero-order valence-corrected chi connectivity index (χ0v) is 23.0. The quantitative estimate of drug-likeness (QED) is 0.232. The number of fused-ring (bicyclic) bond motifs is 7. The van der Waals surface area contributed by atoms with Crippen LogP contribution in [0.25, 0.3) is 55.9 Å². The maximum absolute atomic E-state index is 5.05. The van der Waals surface area contributed by atoms with E-state index in [1.54, 1.807) is 0 Å². The van der Waals surface area contributed by atoms with Crippen molar-refractivity contribution in [2.75, 3.05) is 0 Å². The zero-order valence-electron chi connectivity index (χ0n) is 23.0. The first-order valence-corrected chi connectivity index (χ1v) is 13.8. The Kier molecular flexibility index (Phi) is 4.60. The van der Waals surface area contributed by atoms with Crippen molar-refractivity contribution in [3.63, 3.8) is 0 Å². The van der Waals surface area contributed by atoms with Gasteiger partial charge in [0, 0.05) is 51.7 Å². The number of aromatic nitrogens is 4. The summed E-state index contributed by atoms with van der Waals surface area (Å²) >= 11 is 0. The summed E-state index contributed by atoms with van der Waals surface area (Å²) in [5.74, 6) is 0.689. The highest BCUT2D eigenvalue weighted by Crippen LogP contribution is 2.55. The van der Waals surface area contributed by atoms with E-state index in [-0.39, 0.29) is 10.8 Å². The third-order valence-electron chi connectivity index (χ3n) is 9.04. The molecule has 0 radical (unpaired) electrons. The number of hydrogen-bond acceptors (Lipinski definition) is 4. The van der Waals surface area contributed by atoms with Crippen LogP contribution in [0.1, 0.15) is 49.9 Å². The summed E-state index contributed by atoms with van der Waals surface area (Å²) in [6.07, 6.45) is 5.68. The first-order chi connectivity index (χ1) is 19.3. The van der Waals surface area contributed by atoms with Crippen molar-refractivity contribution in [3.8, 4) is 45.2 Å². The molecule has 3 aromatic heterocycles. The number of nitrogens with zero attached hydrogens (tertiary/aromatic N) is 4. The van der Waals surface area contributed by atoms with E-state index in [9.17, 15) is 0 Å². The van der Waals surface area contributed by atoms with Crippen molar-refractivity contribution in [1.29, 1.82) is 0 Å². The molecule has 40 heavy (non-hydrogen) atoms. The molecule has 0 unspecified atom stereocenters. The molecule has 6 aromatic rings. The van der Waals surface area contributed by atoms with Crippen molar-refractivity contribution < 1.29 is 0 Å². The predicted molar refractivity (Wildman–Crippen MR) is 161 cm³/mol. The Bertz CT molecular complexity index is 2010. The molecule has 0 atom stereocenters. The number of pyridine rings is 2. The first-order valence-electron chi connectivity index (χ1n) is 13.8. The van der Waals surface area contributed by atoms with E-state index < -0.39 is 0 Å². The van der Waals surface area contributed by atoms with Crippen LogP contribution in [-0.4, -0.2) is 19.9 Å². The number of hydrogen-bond donors (Lipinski definition) is 0. The van der Waals surface area contributed by atoms with Gasteiger partial charge in [0.05, 0.1) is 17.1 Å². The molecule has 4 heteroatoms. The van der Waals surface area contributed by atoms with Crippen LogP contribution in [0.4, 0.5) is 0 Å². The van der Waals surface area contributed by atoms with Gasteiger partial charge in [-0.05, 0) is 63.4 Å². The first kappa shape index (κ1) is 23.2. The molecule has 4 nitrogen and oxygen atoms in total. The molecule has 3 heterocycles. The minimum absolute atomic E-state index is 0.101. The SMILES string of the molecule is CC1(C)c2cc3c(cc2-c2ncccc21)C(C)(C)c1cc(-c2nccc(-c4cccc5ccccc45)n2)cnc1-3. The highest BCUT2D eigenvalue weighted by molar-refractivity contribution is 5.96. The van der Waals surface area contributed by atoms with Gasteiger partial charge in [-0.3, -0.25) is 9.97 Å². The monoisotopic (exact) mass is 516 g/mol. The molecule has 0 aliphatic heterocycles. The average molecular weight is 517 g/mol. The molecule has 3 aromatic carbocycles. The summed E-state index contributed by atoms with van der Waals surface area (Å²) < 4.78 is 0. The normalized spacial score (nSPS) is 15.4. The van der Waals surface area contributed by atoms with Gasteiger partial charge in [0.1, 0.15) is 0 Å². The highest BCUT2D eigenvalue weighted by Gasteiger charge is 2.42. The molecule has 0 spiro atoms. The molecule has 2 aliphatic rings. The summed E-state index contributed by atoms with van der Waals surface area (Å²) in [6.45, 7) is 9.18. The molecule has 0 N–H and O–H groups in total. The average Bonchev–Trinajstić information content (AvgIpc) is 3.35. The van der Waals surface area contributed by atoms with Crippen molar-refractivity contribution in [3.05, 3.63) is 120 Å². The van der Waals surface area contributed by atoms with E-state index in [0.29, 0.717) is 5.82 Å². The minimum atomic E-state index is -0.211. The van der Waals surface area contributed by atoms with Crippen molar-refractivity contribution >= 4 is 10.8 Å². The van der Waals surface area contributed by atoms with Crippen molar-refractivity contribution in [2.24, 2.45) is 0 Å². The Morgan fingerprint density at radius 3 is 2.10 bits per heavy atom. The van der Waals surface area contributed by atoms with E-state index in [1.165, 1.54) is 44.2 Å². The van der Waals surface area contributed by atoms with Gasteiger partial charge in [-0.1, -0.05) is 76.2 Å². The molecule has 2 aliphatic carbocycles. The Morgan fingerprint density at radius 1 is 0.550 bits per heavy atom. The predicted octanol–water partition coefficient (Wildman–Crippen LogP) is 8.37. The standard InChI is InChI=1S/C36H28N4/c1-35(2)27-13-8-15-37-32(27)25-18-29-26(19-28(25)35)33-30(36(29,3)4)17-22(20-39-33)34-38-16-14-31(40-34)24-12-7-10-21-9-5-6-11-23(21)24/h5-20H,1-4H3. The lowest BCUT2D eigenvalue weighted by atomic mass is 9.79. The zero-order chi connectivity index (χ0) is 27.2. The molecule has 8 rings (SSSR count).